The van der Waals surface area contributed by atoms with Gasteiger partial charge < -0.3 is 30.8 Å². The number of rotatable bonds is 6. The van der Waals surface area contributed by atoms with E-state index in [1.54, 1.807) is 32.4 Å². The number of amides is 1. The number of hydrogen-bond acceptors (Lipinski definition) is 8. The molecule has 2 heterocycles. The second-order valence-corrected chi connectivity index (χ2v) is 7.64. The number of benzene rings is 2. The van der Waals surface area contributed by atoms with E-state index in [4.69, 9.17) is 15.2 Å². The van der Waals surface area contributed by atoms with Crippen LogP contribution in [0.5, 0.6) is 11.5 Å². The average Bonchev–Trinajstić information content (AvgIpc) is 3.21. The molecule has 1 amide bonds. The molecule has 0 spiro atoms. The third-order valence-corrected chi connectivity index (χ3v) is 5.50. The highest BCUT2D eigenvalue weighted by molar-refractivity contribution is 8.14. The molecule has 0 aliphatic carbocycles. The van der Waals surface area contributed by atoms with Crippen LogP contribution < -0.4 is 25.8 Å². The maximum absolute atomic E-state index is 12.5. The highest BCUT2D eigenvalue weighted by atomic mass is 32.2. The SMILES string of the molecule is COc1cc(NC(=O)CSC2=N[C@@H](c3c[nH]c4ccccc34)N=C(N)N2)cc(OC)c1. The van der Waals surface area contributed by atoms with E-state index < -0.39 is 6.17 Å². The lowest BCUT2D eigenvalue weighted by Crippen LogP contribution is -2.39. The highest BCUT2D eigenvalue weighted by Crippen LogP contribution is 2.30. The molecule has 1 aliphatic rings. The van der Waals surface area contributed by atoms with E-state index in [1.165, 1.54) is 11.8 Å². The van der Waals surface area contributed by atoms with Crippen molar-refractivity contribution >= 4 is 45.4 Å². The number of aromatic amines is 1. The molecule has 0 radical (unpaired) electrons. The molecular formula is C21H22N6O3S. The van der Waals surface area contributed by atoms with Crippen LogP contribution in [0.3, 0.4) is 0 Å². The number of thioether (sulfide) groups is 1. The van der Waals surface area contributed by atoms with Crippen LogP contribution in [0, 0.1) is 0 Å². The number of aromatic nitrogens is 1. The van der Waals surface area contributed by atoms with Gasteiger partial charge in [0.05, 0.1) is 20.0 Å². The maximum Gasteiger partial charge on any atom is 0.234 e. The Balaban J connectivity index is 1.44. The maximum atomic E-state index is 12.5. The highest BCUT2D eigenvalue weighted by Gasteiger charge is 2.20. The number of H-pyrrole nitrogens is 1. The Kier molecular flexibility index (Phi) is 5.99. The number of nitrogens with one attached hydrogen (secondary N) is 3. The van der Waals surface area contributed by atoms with Gasteiger partial charge in [-0.25, -0.2) is 9.98 Å². The average molecular weight is 439 g/mol. The standard InChI is InChI=1S/C21H22N6O3S/c1-29-13-7-12(8-14(9-13)30-2)24-18(28)11-31-21-26-19(25-20(22)27-21)16-10-23-17-6-4-3-5-15(16)17/h3-10,19,23H,11H2,1-2H3,(H,24,28)(H3,22,25,26,27)/t19-/m0/s1. The summed E-state index contributed by atoms with van der Waals surface area (Å²) in [6.45, 7) is 0. The topological polar surface area (TPSA) is 126 Å². The van der Waals surface area contributed by atoms with Crippen LogP contribution in [0.4, 0.5) is 5.69 Å². The fourth-order valence-electron chi connectivity index (χ4n) is 3.18. The van der Waals surface area contributed by atoms with Crippen molar-refractivity contribution in [1.82, 2.24) is 10.3 Å². The lowest BCUT2D eigenvalue weighted by Gasteiger charge is -2.18. The van der Waals surface area contributed by atoms with E-state index in [0.717, 1.165) is 16.5 Å². The van der Waals surface area contributed by atoms with Gasteiger partial charge in [-0.2, -0.15) is 0 Å². The number of aliphatic imine (C=N–C) groups is 2. The van der Waals surface area contributed by atoms with E-state index in [2.05, 4.69) is 25.6 Å². The molecule has 4 rings (SSSR count). The number of anilines is 1. The molecule has 0 saturated heterocycles. The zero-order valence-corrected chi connectivity index (χ0v) is 17.8. The van der Waals surface area contributed by atoms with Crippen LogP contribution in [0.2, 0.25) is 0 Å². The number of guanidine groups is 1. The number of methoxy groups -OCH3 is 2. The zero-order valence-electron chi connectivity index (χ0n) is 17.0. The van der Waals surface area contributed by atoms with Crippen LogP contribution >= 0.6 is 11.8 Å². The number of hydrogen-bond donors (Lipinski definition) is 4. The van der Waals surface area contributed by atoms with Gasteiger partial charge in [0.1, 0.15) is 11.5 Å². The Hall–Kier alpha value is -3.66. The second kappa shape index (κ2) is 9.00. The van der Waals surface area contributed by atoms with Crippen LogP contribution in [0.25, 0.3) is 10.9 Å². The lowest BCUT2D eigenvalue weighted by atomic mass is 10.1. The van der Waals surface area contributed by atoms with Crippen LogP contribution in [-0.4, -0.2) is 42.0 Å². The van der Waals surface area contributed by atoms with Crippen molar-refractivity contribution in [3.8, 4) is 11.5 Å². The summed E-state index contributed by atoms with van der Waals surface area (Å²) in [4.78, 5) is 24.7. The predicted octanol–water partition coefficient (Wildman–Crippen LogP) is 2.83. The van der Waals surface area contributed by atoms with Crippen molar-refractivity contribution in [3.05, 3.63) is 54.2 Å². The Bertz CT molecular complexity index is 1150. The van der Waals surface area contributed by atoms with Crippen LogP contribution in [0.15, 0.2) is 58.6 Å². The van der Waals surface area contributed by atoms with E-state index >= 15 is 0 Å². The van der Waals surface area contributed by atoms with Gasteiger partial charge >= 0.3 is 0 Å². The zero-order chi connectivity index (χ0) is 21.8. The molecule has 1 aliphatic heterocycles. The molecule has 2 aromatic carbocycles. The van der Waals surface area contributed by atoms with Crippen molar-refractivity contribution < 1.29 is 14.3 Å². The summed E-state index contributed by atoms with van der Waals surface area (Å²) in [5.41, 5.74) is 8.47. The fourth-order valence-corrected chi connectivity index (χ4v) is 3.87. The van der Waals surface area contributed by atoms with Gasteiger partial charge in [0.25, 0.3) is 0 Å². The summed E-state index contributed by atoms with van der Waals surface area (Å²) in [6.07, 6.45) is 1.40. The quantitative estimate of drug-likeness (QED) is 0.469. The third-order valence-electron chi connectivity index (χ3n) is 4.61. The van der Waals surface area contributed by atoms with Crippen molar-refractivity contribution in [1.29, 1.82) is 0 Å². The molecule has 3 aromatic rings. The number of fused-ring (bicyclic) bond motifs is 1. The molecule has 1 aromatic heterocycles. The molecule has 160 valence electrons. The molecule has 10 heteroatoms. The largest absolute Gasteiger partial charge is 0.497 e. The van der Waals surface area contributed by atoms with Crippen molar-refractivity contribution in [2.24, 2.45) is 15.7 Å². The molecular weight excluding hydrogens is 416 g/mol. The molecule has 0 unspecified atom stereocenters. The van der Waals surface area contributed by atoms with Crippen LogP contribution in [-0.2, 0) is 4.79 Å². The molecule has 0 saturated carbocycles. The normalized spacial score (nSPS) is 15.6. The van der Waals surface area contributed by atoms with E-state index in [9.17, 15) is 4.79 Å². The van der Waals surface area contributed by atoms with Gasteiger partial charge in [0.2, 0.25) is 5.91 Å². The van der Waals surface area contributed by atoms with Gasteiger partial charge in [0.15, 0.2) is 17.3 Å². The summed E-state index contributed by atoms with van der Waals surface area (Å²) in [5.74, 6) is 1.37. The number of nitrogens with zero attached hydrogens (tertiary/aromatic N) is 2. The predicted molar refractivity (Wildman–Crippen MR) is 124 cm³/mol. The van der Waals surface area contributed by atoms with Crippen molar-refractivity contribution in [3.63, 3.8) is 0 Å². The van der Waals surface area contributed by atoms with Gasteiger partial charge in [-0.1, -0.05) is 30.0 Å². The summed E-state index contributed by atoms with van der Waals surface area (Å²) in [6, 6.07) is 13.1. The van der Waals surface area contributed by atoms with Gasteiger partial charge in [-0.15, -0.1) is 0 Å². The van der Waals surface area contributed by atoms with E-state index in [-0.39, 0.29) is 17.6 Å². The minimum absolute atomic E-state index is 0.138. The summed E-state index contributed by atoms with van der Waals surface area (Å²) >= 11 is 1.25. The van der Waals surface area contributed by atoms with Crippen molar-refractivity contribution in [2.75, 3.05) is 25.3 Å². The Morgan fingerprint density at radius 1 is 1.16 bits per heavy atom. The molecule has 0 fully saturated rings. The fraction of sp³-hybridized carbons (Fsp3) is 0.190. The first kappa shape index (κ1) is 20.6. The van der Waals surface area contributed by atoms with E-state index in [1.807, 2.05) is 30.5 Å². The third kappa shape index (κ3) is 4.75. The van der Waals surface area contributed by atoms with Gasteiger partial charge in [0, 0.05) is 46.5 Å². The number of amidine groups is 1. The monoisotopic (exact) mass is 438 g/mol. The molecule has 5 N–H and O–H groups in total. The summed E-state index contributed by atoms with van der Waals surface area (Å²) in [5, 5.41) is 7.32. The number of para-hydroxylation sites is 1. The smallest absolute Gasteiger partial charge is 0.234 e. The molecule has 9 nitrogen and oxygen atoms in total. The summed E-state index contributed by atoms with van der Waals surface area (Å²) in [7, 11) is 3.11. The lowest BCUT2D eigenvalue weighted by molar-refractivity contribution is -0.113. The first-order valence-electron chi connectivity index (χ1n) is 9.45. The summed E-state index contributed by atoms with van der Waals surface area (Å²) < 4.78 is 10.5. The Morgan fingerprint density at radius 3 is 2.65 bits per heavy atom. The van der Waals surface area contributed by atoms with Gasteiger partial charge in [-0.05, 0) is 6.07 Å². The first-order chi connectivity index (χ1) is 15.1. The number of ether oxygens (including phenoxy) is 2. The molecule has 1 atom stereocenters. The molecule has 0 bridgehead atoms. The number of carbonyl (C=O) groups excluding carboxylic acids is 1. The first-order valence-corrected chi connectivity index (χ1v) is 10.4. The number of carbonyl (C=O) groups is 1. The van der Waals surface area contributed by atoms with E-state index in [0.29, 0.717) is 22.4 Å². The minimum atomic E-state index is -0.481. The Labute approximate surface area is 183 Å². The number of nitrogens with two attached hydrogens (primary N) is 1. The van der Waals surface area contributed by atoms with Crippen LogP contribution in [0.1, 0.15) is 11.7 Å². The van der Waals surface area contributed by atoms with Gasteiger partial charge in [-0.3, -0.25) is 4.79 Å². The van der Waals surface area contributed by atoms with Crippen molar-refractivity contribution in [2.45, 2.75) is 6.17 Å². The second-order valence-electron chi connectivity index (χ2n) is 6.68. The minimum Gasteiger partial charge on any atom is -0.497 e. The Morgan fingerprint density at radius 2 is 1.90 bits per heavy atom. The molecule has 31 heavy (non-hydrogen) atoms.